The Morgan fingerprint density at radius 3 is 2.72 bits per heavy atom. The molecule has 0 aromatic heterocycles. The van der Waals surface area contributed by atoms with Crippen molar-refractivity contribution in [1.29, 1.82) is 0 Å². The van der Waals surface area contributed by atoms with Crippen molar-refractivity contribution >= 4 is 5.78 Å². The zero-order chi connectivity index (χ0) is 13.1. The summed E-state index contributed by atoms with van der Waals surface area (Å²) in [5.74, 6) is 1.05. The first-order valence-corrected chi connectivity index (χ1v) is 6.91. The number of likely N-dealkylation sites (tertiary alicyclic amines) is 1. The van der Waals surface area contributed by atoms with Crippen LogP contribution in [-0.2, 0) is 0 Å². The van der Waals surface area contributed by atoms with Crippen molar-refractivity contribution in [3.05, 3.63) is 35.4 Å². The first-order chi connectivity index (χ1) is 8.58. The lowest BCUT2D eigenvalue weighted by Gasteiger charge is -2.36. The normalized spacial score (nSPS) is 25.1. The Kier molecular flexibility index (Phi) is 4.18. The van der Waals surface area contributed by atoms with Crippen molar-refractivity contribution in [2.45, 2.75) is 39.7 Å². The Hall–Kier alpha value is -1.15. The zero-order valence-electron chi connectivity index (χ0n) is 11.6. The molecule has 2 rings (SSSR count). The minimum atomic E-state index is 0.259. The molecule has 1 heterocycles. The average Bonchev–Trinajstić information content (AvgIpc) is 2.33. The predicted octanol–water partition coefficient (Wildman–Crippen LogP) is 3.30. The van der Waals surface area contributed by atoms with E-state index in [-0.39, 0.29) is 5.78 Å². The third-order valence-electron chi connectivity index (χ3n) is 4.07. The summed E-state index contributed by atoms with van der Waals surface area (Å²) in [5.41, 5.74) is 1.96. The van der Waals surface area contributed by atoms with E-state index in [0.29, 0.717) is 12.6 Å². The third kappa shape index (κ3) is 2.99. The molecule has 0 radical (unpaired) electrons. The molecule has 1 aliphatic rings. The number of nitrogens with zero attached hydrogens (tertiary/aromatic N) is 1. The fourth-order valence-electron chi connectivity index (χ4n) is 2.85. The molecule has 2 atom stereocenters. The van der Waals surface area contributed by atoms with E-state index < -0.39 is 0 Å². The lowest BCUT2D eigenvalue weighted by Crippen LogP contribution is -2.43. The van der Waals surface area contributed by atoms with Gasteiger partial charge in [-0.2, -0.15) is 0 Å². The Balaban J connectivity index is 2.02. The summed E-state index contributed by atoms with van der Waals surface area (Å²) >= 11 is 0. The molecule has 0 N–H and O–H groups in total. The first-order valence-electron chi connectivity index (χ1n) is 6.91. The van der Waals surface area contributed by atoms with Crippen molar-refractivity contribution in [1.82, 2.24) is 4.90 Å². The molecule has 0 bridgehead atoms. The van der Waals surface area contributed by atoms with Gasteiger partial charge in [0.15, 0.2) is 5.78 Å². The molecule has 0 saturated carbocycles. The van der Waals surface area contributed by atoms with Gasteiger partial charge in [0.25, 0.3) is 0 Å². The topological polar surface area (TPSA) is 20.3 Å². The lowest BCUT2D eigenvalue weighted by molar-refractivity contribution is 0.0816. The third-order valence-corrected chi connectivity index (χ3v) is 4.07. The Bertz CT molecular complexity index is 427. The van der Waals surface area contributed by atoms with E-state index in [1.165, 1.54) is 12.8 Å². The van der Waals surface area contributed by atoms with Crippen LogP contribution < -0.4 is 0 Å². The molecule has 98 valence electrons. The van der Waals surface area contributed by atoms with E-state index in [1.807, 2.05) is 31.2 Å². The monoisotopic (exact) mass is 245 g/mol. The summed E-state index contributed by atoms with van der Waals surface area (Å²) in [6.07, 6.45) is 2.42. The number of ketones is 1. The highest BCUT2D eigenvalue weighted by atomic mass is 16.1. The minimum Gasteiger partial charge on any atom is -0.293 e. The molecule has 1 aromatic carbocycles. The molecule has 1 fully saturated rings. The fourth-order valence-corrected chi connectivity index (χ4v) is 2.85. The molecule has 0 aliphatic carbocycles. The smallest absolute Gasteiger partial charge is 0.177 e. The number of benzene rings is 1. The standard InChI is InChI=1S/C16H23NO/c1-12-8-9-17(14(3)10-12)11-16(18)15-7-5-4-6-13(15)2/h4-7,12,14H,8-11H2,1-3H3. The van der Waals surface area contributed by atoms with Gasteiger partial charge in [0.1, 0.15) is 0 Å². The van der Waals surface area contributed by atoms with Gasteiger partial charge >= 0.3 is 0 Å². The van der Waals surface area contributed by atoms with Gasteiger partial charge in [0, 0.05) is 11.6 Å². The quantitative estimate of drug-likeness (QED) is 0.762. The summed E-state index contributed by atoms with van der Waals surface area (Å²) in [6, 6.07) is 8.41. The summed E-state index contributed by atoms with van der Waals surface area (Å²) in [4.78, 5) is 14.6. The summed E-state index contributed by atoms with van der Waals surface area (Å²) in [7, 11) is 0. The van der Waals surface area contributed by atoms with Crippen molar-refractivity contribution < 1.29 is 4.79 Å². The highest BCUT2D eigenvalue weighted by Gasteiger charge is 2.24. The van der Waals surface area contributed by atoms with Crippen LogP contribution in [0.25, 0.3) is 0 Å². The molecule has 1 saturated heterocycles. The largest absolute Gasteiger partial charge is 0.293 e. The molecular weight excluding hydrogens is 222 g/mol. The maximum Gasteiger partial charge on any atom is 0.177 e. The average molecular weight is 245 g/mol. The predicted molar refractivity (Wildman–Crippen MR) is 74.9 cm³/mol. The molecule has 2 unspecified atom stereocenters. The minimum absolute atomic E-state index is 0.259. The van der Waals surface area contributed by atoms with E-state index in [9.17, 15) is 4.79 Å². The molecule has 2 nitrogen and oxygen atoms in total. The van der Waals surface area contributed by atoms with Crippen molar-refractivity contribution in [2.75, 3.05) is 13.1 Å². The first kappa shape index (κ1) is 13.3. The van der Waals surface area contributed by atoms with Crippen LogP contribution in [0.1, 0.15) is 42.6 Å². The molecular formula is C16H23NO. The van der Waals surface area contributed by atoms with Crippen LogP contribution in [0, 0.1) is 12.8 Å². The summed E-state index contributed by atoms with van der Waals surface area (Å²) < 4.78 is 0. The number of aryl methyl sites for hydroxylation is 1. The van der Waals surface area contributed by atoms with Crippen LogP contribution >= 0.6 is 0 Å². The maximum absolute atomic E-state index is 12.3. The van der Waals surface area contributed by atoms with E-state index in [2.05, 4.69) is 18.7 Å². The highest BCUT2D eigenvalue weighted by molar-refractivity contribution is 5.98. The molecule has 0 spiro atoms. The SMILES string of the molecule is Cc1ccccc1C(=O)CN1CCC(C)CC1C. The van der Waals surface area contributed by atoms with E-state index in [0.717, 1.165) is 23.6 Å². The van der Waals surface area contributed by atoms with Gasteiger partial charge in [0.2, 0.25) is 0 Å². The Morgan fingerprint density at radius 2 is 2.06 bits per heavy atom. The van der Waals surface area contributed by atoms with Gasteiger partial charge in [-0.3, -0.25) is 9.69 Å². The van der Waals surface area contributed by atoms with Crippen LogP contribution in [0.4, 0.5) is 0 Å². The van der Waals surface area contributed by atoms with Gasteiger partial charge in [0.05, 0.1) is 6.54 Å². The van der Waals surface area contributed by atoms with Crippen LogP contribution in [-0.4, -0.2) is 29.8 Å². The molecule has 18 heavy (non-hydrogen) atoms. The van der Waals surface area contributed by atoms with Crippen LogP contribution in [0.3, 0.4) is 0 Å². The fraction of sp³-hybridized carbons (Fsp3) is 0.562. The number of carbonyl (C=O) groups is 1. The highest BCUT2D eigenvalue weighted by Crippen LogP contribution is 2.22. The molecule has 0 amide bonds. The Labute approximate surface area is 110 Å². The van der Waals surface area contributed by atoms with Crippen LogP contribution in [0.15, 0.2) is 24.3 Å². The van der Waals surface area contributed by atoms with E-state index in [4.69, 9.17) is 0 Å². The molecule has 1 aliphatic heterocycles. The van der Waals surface area contributed by atoms with E-state index >= 15 is 0 Å². The van der Waals surface area contributed by atoms with Gasteiger partial charge in [-0.15, -0.1) is 0 Å². The van der Waals surface area contributed by atoms with Gasteiger partial charge in [-0.25, -0.2) is 0 Å². The van der Waals surface area contributed by atoms with Gasteiger partial charge < -0.3 is 0 Å². The number of hydrogen-bond donors (Lipinski definition) is 0. The second-order valence-electron chi connectivity index (χ2n) is 5.69. The number of rotatable bonds is 3. The van der Waals surface area contributed by atoms with Crippen LogP contribution in [0.2, 0.25) is 0 Å². The number of Topliss-reactive ketones (excluding diaryl/α,β-unsaturated/α-hetero) is 1. The van der Waals surface area contributed by atoms with E-state index in [1.54, 1.807) is 0 Å². The number of carbonyl (C=O) groups excluding carboxylic acids is 1. The van der Waals surface area contributed by atoms with Gasteiger partial charge in [-0.1, -0.05) is 31.2 Å². The molecule has 2 heteroatoms. The van der Waals surface area contributed by atoms with Crippen LogP contribution in [0.5, 0.6) is 0 Å². The number of piperidine rings is 1. The second-order valence-corrected chi connectivity index (χ2v) is 5.69. The maximum atomic E-state index is 12.3. The van der Waals surface area contributed by atoms with Crippen molar-refractivity contribution in [3.8, 4) is 0 Å². The van der Waals surface area contributed by atoms with Crippen molar-refractivity contribution in [3.63, 3.8) is 0 Å². The van der Waals surface area contributed by atoms with Crippen molar-refractivity contribution in [2.24, 2.45) is 5.92 Å². The summed E-state index contributed by atoms with van der Waals surface area (Å²) in [5, 5.41) is 0. The lowest BCUT2D eigenvalue weighted by atomic mass is 9.93. The molecule has 1 aromatic rings. The zero-order valence-corrected chi connectivity index (χ0v) is 11.6. The second kappa shape index (κ2) is 5.66. The van der Waals surface area contributed by atoms with Gasteiger partial charge in [-0.05, 0) is 44.7 Å². The number of hydrogen-bond acceptors (Lipinski definition) is 2. The Morgan fingerprint density at radius 1 is 1.33 bits per heavy atom. The summed E-state index contributed by atoms with van der Waals surface area (Å²) in [6.45, 7) is 8.17.